The van der Waals surface area contributed by atoms with Crippen LogP contribution in [0.25, 0.3) is 21.9 Å². The fourth-order valence-corrected chi connectivity index (χ4v) is 5.61. The molecule has 0 radical (unpaired) electrons. The van der Waals surface area contributed by atoms with Gasteiger partial charge in [0.25, 0.3) is 0 Å². The number of carbonyl (C=O) groups excluding carboxylic acids is 5. The molecule has 0 saturated carbocycles. The Morgan fingerprint density at radius 3 is 2.15 bits per heavy atom. The molecule has 13 nitrogen and oxygen atoms in total. The average molecular weight is 727 g/mol. The van der Waals surface area contributed by atoms with Crippen LogP contribution in [0, 0.1) is 6.92 Å². The first-order valence-electron chi connectivity index (χ1n) is 17.2. The maximum Gasteiger partial charge on any atom is 0.416 e. The average Bonchev–Trinajstić information content (AvgIpc) is 3.12. The predicted molar refractivity (Wildman–Crippen MR) is 199 cm³/mol. The number of pyridine rings is 1. The van der Waals surface area contributed by atoms with Crippen LogP contribution in [-0.4, -0.2) is 72.3 Å². The number of anilines is 1. The highest BCUT2D eigenvalue weighted by molar-refractivity contribution is 6.00. The number of nitrogens with one attached hydrogen (secondary N) is 2. The molecule has 0 fully saturated rings. The van der Waals surface area contributed by atoms with Crippen LogP contribution >= 0.6 is 0 Å². The zero-order chi connectivity index (χ0) is 38.7. The molecular formula is C40H46N4O9. The summed E-state index contributed by atoms with van der Waals surface area (Å²) in [5, 5.41) is 17.3. The van der Waals surface area contributed by atoms with E-state index in [4.69, 9.17) is 14.2 Å². The molecule has 1 aromatic heterocycles. The number of fused-ring (bicyclic) bond motifs is 1. The van der Waals surface area contributed by atoms with Gasteiger partial charge in [0.15, 0.2) is 0 Å². The number of rotatable bonds is 14. The Bertz CT molecular complexity index is 1940. The number of aromatic hydroxyl groups is 1. The minimum absolute atomic E-state index is 0.0871. The number of esters is 2. The third-order valence-electron chi connectivity index (χ3n) is 8.27. The maximum absolute atomic E-state index is 13.7. The smallest absolute Gasteiger partial charge is 0.416 e. The van der Waals surface area contributed by atoms with E-state index in [0.717, 1.165) is 22.1 Å². The molecule has 0 bridgehead atoms. The molecule has 4 rings (SSSR count). The lowest BCUT2D eigenvalue weighted by Crippen LogP contribution is -2.49. The topological polar surface area (TPSA) is 173 Å². The van der Waals surface area contributed by atoms with E-state index in [1.165, 1.54) is 19.1 Å². The second kappa shape index (κ2) is 18.0. The molecule has 0 aliphatic heterocycles. The van der Waals surface area contributed by atoms with Crippen molar-refractivity contribution in [2.45, 2.75) is 71.1 Å². The number of aromatic nitrogens is 1. The zero-order valence-electron chi connectivity index (χ0n) is 30.8. The van der Waals surface area contributed by atoms with Gasteiger partial charge in [-0.05, 0) is 80.0 Å². The standard InChI is InChI=1S/C40H46N4O9/c1-25-19-20-41-34(22-25)44(39(50)53-40(2,3)4)21-9-12-35(46)42-32(24-37(48)52-6)38(49)43-31(23-36(47)51-5)27-15-13-26(14-16-27)28-17-18-33(45)30-11-8-7-10-29(28)30/h7-8,10-11,13-20,22,31-32,45H,9,12,21,23-24H2,1-6H3,(H,42,46)(H,43,49)/t31-,32-/m0/s1. The first-order chi connectivity index (χ1) is 25.2. The van der Waals surface area contributed by atoms with Crippen molar-refractivity contribution >= 4 is 46.4 Å². The molecule has 1 heterocycles. The molecule has 0 unspecified atom stereocenters. The molecule has 0 aliphatic rings. The Hall–Kier alpha value is -5.98. The SMILES string of the molecule is COC(=O)C[C@H](NC(=O)CCCN(C(=O)OC(C)(C)C)c1cc(C)ccn1)C(=O)N[C@@H](CC(=O)OC)c1ccc(-c2ccc(O)c3ccccc23)cc1. The molecule has 13 heteroatoms. The number of ether oxygens (including phenoxy) is 3. The van der Waals surface area contributed by atoms with Crippen molar-refractivity contribution in [3.63, 3.8) is 0 Å². The molecule has 3 aromatic carbocycles. The first kappa shape index (κ1) is 39.8. The monoisotopic (exact) mass is 726 g/mol. The molecule has 4 aromatic rings. The van der Waals surface area contributed by atoms with E-state index in [0.29, 0.717) is 16.8 Å². The van der Waals surface area contributed by atoms with Gasteiger partial charge in [-0.25, -0.2) is 9.78 Å². The van der Waals surface area contributed by atoms with Crippen LogP contribution in [0.1, 0.15) is 63.6 Å². The number of hydrogen-bond acceptors (Lipinski definition) is 10. The summed E-state index contributed by atoms with van der Waals surface area (Å²) in [7, 11) is 2.40. The van der Waals surface area contributed by atoms with Gasteiger partial charge in [-0.2, -0.15) is 0 Å². The van der Waals surface area contributed by atoms with Crippen molar-refractivity contribution in [1.82, 2.24) is 15.6 Å². The number of methoxy groups -OCH3 is 2. The van der Waals surface area contributed by atoms with E-state index in [1.807, 2.05) is 49.4 Å². The fourth-order valence-electron chi connectivity index (χ4n) is 5.61. The molecule has 2 atom stereocenters. The molecular weight excluding hydrogens is 680 g/mol. The molecule has 0 saturated heterocycles. The van der Waals surface area contributed by atoms with E-state index < -0.39 is 54.0 Å². The lowest BCUT2D eigenvalue weighted by atomic mass is 9.95. The van der Waals surface area contributed by atoms with Crippen LogP contribution < -0.4 is 15.5 Å². The highest BCUT2D eigenvalue weighted by Gasteiger charge is 2.29. The third kappa shape index (κ3) is 11.3. The van der Waals surface area contributed by atoms with Crippen LogP contribution in [0.4, 0.5) is 10.6 Å². The second-order valence-corrected chi connectivity index (χ2v) is 13.5. The van der Waals surface area contributed by atoms with E-state index in [9.17, 15) is 29.1 Å². The van der Waals surface area contributed by atoms with E-state index in [1.54, 1.807) is 57.3 Å². The lowest BCUT2D eigenvalue weighted by Gasteiger charge is -2.27. The summed E-state index contributed by atoms with van der Waals surface area (Å²) in [5.74, 6) is -2.06. The molecule has 0 aliphatic carbocycles. The normalized spacial score (nSPS) is 12.3. The van der Waals surface area contributed by atoms with E-state index in [2.05, 4.69) is 15.6 Å². The van der Waals surface area contributed by atoms with Gasteiger partial charge in [0.05, 0.1) is 33.1 Å². The van der Waals surface area contributed by atoms with Gasteiger partial charge in [0.1, 0.15) is 23.2 Å². The Balaban J connectivity index is 1.49. The highest BCUT2D eigenvalue weighted by Crippen LogP contribution is 2.34. The quantitative estimate of drug-likeness (QED) is 0.105. The molecule has 3 N–H and O–H groups in total. The van der Waals surface area contributed by atoms with Gasteiger partial charge < -0.3 is 30.0 Å². The number of phenols is 1. The number of carbonyl (C=O) groups is 5. The van der Waals surface area contributed by atoms with Gasteiger partial charge in [0.2, 0.25) is 11.8 Å². The first-order valence-corrected chi connectivity index (χ1v) is 17.2. The summed E-state index contributed by atoms with van der Waals surface area (Å²) in [4.78, 5) is 70.4. The van der Waals surface area contributed by atoms with Gasteiger partial charge in [-0.15, -0.1) is 0 Å². The Morgan fingerprint density at radius 2 is 1.51 bits per heavy atom. The summed E-state index contributed by atoms with van der Waals surface area (Å²) >= 11 is 0. The van der Waals surface area contributed by atoms with Crippen molar-refractivity contribution in [3.05, 3.63) is 90.1 Å². The van der Waals surface area contributed by atoms with Crippen LogP contribution in [0.15, 0.2) is 79.0 Å². The Kier molecular flexibility index (Phi) is 13.5. The number of hydrogen-bond donors (Lipinski definition) is 3. The highest BCUT2D eigenvalue weighted by atomic mass is 16.6. The van der Waals surface area contributed by atoms with Crippen molar-refractivity contribution in [3.8, 4) is 16.9 Å². The van der Waals surface area contributed by atoms with Crippen molar-refractivity contribution in [2.24, 2.45) is 0 Å². The van der Waals surface area contributed by atoms with E-state index >= 15 is 0 Å². The van der Waals surface area contributed by atoms with Crippen molar-refractivity contribution < 1.29 is 43.3 Å². The van der Waals surface area contributed by atoms with Gasteiger partial charge >= 0.3 is 18.0 Å². The van der Waals surface area contributed by atoms with Crippen molar-refractivity contribution in [1.29, 1.82) is 0 Å². The fraction of sp³-hybridized carbons (Fsp3) is 0.350. The van der Waals surface area contributed by atoms with Crippen LogP contribution in [0.3, 0.4) is 0 Å². The molecule has 3 amide bonds. The summed E-state index contributed by atoms with van der Waals surface area (Å²) in [5.41, 5.74) is 2.41. The summed E-state index contributed by atoms with van der Waals surface area (Å²) in [6, 6.07) is 19.4. The summed E-state index contributed by atoms with van der Waals surface area (Å²) < 4.78 is 15.2. The predicted octanol–water partition coefficient (Wildman–Crippen LogP) is 5.91. The van der Waals surface area contributed by atoms with Crippen molar-refractivity contribution in [2.75, 3.05) is 25.7 Å². The molecule has 280 valence electrons. The summed E-state index contributed by atoms with van der Waals surface area (Å²) in [6.45, 7) is 7.19. The van der Waals surface area contributed by atoms with E-state index in [-0.39, 0.29) is 31.6 Å². The number of phenolic OH excluding ortho intramolecular Hbond substituents is 1. The van der Waals surface area contributed by atoms with Crippen LogP contribution in [0.5, 0.6) is 5.75 Å². The minimum Gasteiger partial charge on any atom is -0.507 e. The lowest BCUT2D eigenvalue weighted by molar-refractivity contribution is -0.144. The molecule has 53 heavy (non-hydrogen) atoms. The number of nitrogens with zero attached hydrogens (tertiary/aromatic N) is 2. The maximum atomic E-state index is 13.7. The Morgan fingerprint density at radius 1 is 0.849 bits per heavy atom. The summed E-state index contributed by atoms with van der Waals surface area (Å²) in [6.07, 6.45) is 0.333. The van der Waals surface area contributed by atoms with Crippen LogP contribution in [-0.2, 0) is 33.4 Å². The third-order valence-corrected chi connectivity index (χ3v) is 8.27. The zero-order valence-corrected chi connectivity index (χ0v) is 30.8. The Labute approximate surface area is 308 Å². The minimum atomic E-state index is -1.34. The van der Waals surface area contributed by atoms with Crippen LogP contribution in [0.2, 0.25) is 0 Å². The van der Waals surface area contributed by atoms with Gasteiger partial charge in [-0.3, -0.25) is 24.1 Å². The number of benzene rings is 3. The second-order valence-electron chi connectivity index (χ2n) is 13.5. The molecule has 0 spiro atoms. The van der Waals surface area contributed by atoms with Gasteiger partial charge in [0, 0.05) is 24.5 Å². The largest absolute Gasteiger partial charge is 0.507 e. The number of aryl methyl sites for hydroxylation is 1. The van der Waals surface area contributed by atoms with Gasteiger partial charge in [-0.1, -0.05) is 54.6 Å². The number of amides is 3.